The maximum atomic E-state index is 13.2. The van der Waals surface area contributed by atoms with E-state index in [9.17, 15) is 18.0 Å². The maximum Gasteiger partial charge on any atom is 0.434 e. The Morgan fingerprint density at radius 1 is 1.33 bits per heavy atom. The van der Waals surface area contributed by atoms with Crippen molar-refractivity contribution in [3.8, 4) is 5.69 Å². The van der Waals surface area contributed by atoms with Crippen LogP contribution in [0.25, 0.3) is 5.69 Å². The Morgan fingerprint density at radius 3 is 2.52 bits per heavy atom. The Bertz CT molecular complexity index is 698. The van der Waals surface area contributed by atoms with Gasteiger partial charge in [0.05, 0.1) is 22.5 Å². The van der Waals surface area contributed by atoms with E-state index in [1.807, 2.05) is 0 Å². The second-order valence-corrected chi connectivity index (χ2v) is 4.83. The third-order valence-electron chi connectivity index (χ3n) is 2.65. The highest BCUT2D eigenvalue weighted by Crippen LogP contribution is 2.35. The van der Waals surface area contributed by atoms with Gasteiger partial charge in [-0.25, -0.2) is 4.68 Å². The number of hydrogen-bond donors (Lipinski definition) is 1. The molecule has 0 atom stereocenters. The number of alkyl halides is 3. The molecule has 0 radical (unpaired) electrons. The number of carbonyl (C=O) groups is 1. The van der Waals surface area contributed by atoms with Crippen LogP contribution in [0.1, 0.15) is 16.1 Å². The average molecular weight is 338 g/mol. The number of amides is 1. The Balaban J connectivity index is 2.70. The first kappa shape index (κ1) is 15.7. The number of nitrogens with one attached hydrogen (secondary N) is 1. The summed E-state index contributed by atoms with van der Waals surface area (Å²) in [5.41, 5.74) is -1.81. The molecule has 0 unspecified atom stereocenters. The zero-order valence-electron chi connectivity index (χ0n) is 10.5. The SMILES string of the molecule is CNC(=O)c1cnn(-c2ccc(Cl)cc2Cl)c1C(F)(F)F. The summed E-state index contributed by atoms with van der Waals surface area (Å²) in [6.45, 7) is 0. The first-order valence-corrected chi connectivity index (χ1v) is 6.34. The molecule has 9 heteroatoms. The van der Waals surface area contributed by atoms with E-state index in [0.29, 0.717) is 4.68 Å². The normalized spacial score (nSPS) is 11.5. The summed E-state index contributed by atoms with van der Waals surface area (Å²) >= 11 is 11.6. The van der Waals surface area contributed by atoms with E-state index < -0.39 is 23.3 Å². The lowest BCUT2D eigenvalue weighted by molar-refractivity contribution is -0.143. The number of benzene rings is 1. The smallest absolute Gasteiger partial charge is 0.355 e. The van der Waals surface area contributed by atoms with Crippen molar-refractivity contribution in [2.75, 3.05) is 7.05 Å². The lowest BCUT2D eigenvalue weighted by Crippen LogP contribution is -2.23. The molecule has 0 saturated heterocycles. The Morgan fingerprint density at radius 2 is 2.00 bits per heavy atom. The molecular weight excluding hydrogens is 330 g/mol. The van der Waals surface area contributed by atoms with Crippen LogP contribution in [0.2, 0.25) is 10.0 Å². The molecular formula is C12H8Cl2F3N3O. The molecule has 0 aliphatic rings. The predicted octanol–water partition coefficient (Wildman–Crippen LogP) is 3.56. The van der Waals surface area contributed by atoms with Crippen molar-refractivity contribution in [1.82, 2.24) is 15.1 Å². The molecule has 112 valence electrons. The first-order valence-electron chi connectivity index (χ1n) is 5.58. The summed E-state index contributed by atoms with van der Waals surface area (Å²) in [7, 11) is 1.23. The lowest BCUT2D eigenvalue weighted by atomic mass is 10.2. The monoisotopic (exact) mass is 337 g/mol. The largest absolute Gasteiger partial charge is 0.434 e. The number of carbonyl (C=O) groups excluding carboxylic acids is 1. The van der Waals surface area contributed by atoms with E-state index in [1.54, 1.807) is 0 Å². The highest BCUT2D eigenvalue weighted by molar-refractivity contribution is 6.35. The minimum Gasteiger partial charge on any atom is -0.355 e. The van der Waals surface area contributed by atoms with Crippen molar-refractivity contribution in [2.24, 2.45) is 0 Å². The molecule has 2 rings (SSSR count). The molecule has 0 aliphatic heterocycles. The molecule has 0 bridgehead atoms. The van der Waals surface area contributed by atoms with Crippen LogP contribution in [0.5, 0.6) is 0 Å². The van der Waals surface area contributed by atoms with Crippen LogP contribution >= 0.6 is 23.2 Å². The number of nitrogens with zero attached hydrogens (tertiary/aromatic N) is 2. The van der Waals surface area contributed by atoms with Crippen LogP contribution in [-0.4, -0.2) is 22.7 Å². The summed E-state index contributed by atoms with van der Waals surface area (Å²) in [4.78, 5) is 11.5. The van der Waals surface area contributed by atoms with Crippen LogP contribution < -0.4 is 5.32 Å². The van der Waals surface area contributed by atoms with Gasteiger partial charge in [0.25, 0.3) is 5.91 Å². The van der Waals surface area contributed by atoms with Gasteiger partial charge in [-0.1, -0.05) is 23.2 Å². The van der Waals surface area contributed by atoms with Crippen LogP contribution in [0.4, 0.5) is 13.2 Å². The number of halogens is 5. The molecule has 0 saturated carbocycles. The second kappa shape index (κ2) is 5.57. The van der Waals surface area contributed by atoms with Crippen molar-refractivity contribution >= 4 is 29.1 Å². The Hall–Kier alpha value is -1.73. The van der Waals surface area contributed by atoms with Gasteiger partial charge in [0.2, 0.25) is 0 Å². The van der Waals surface area contributed by atoms with Crippen molar-refractivity contribution < 1.29 is 18.0 Å². The van der Waals surface area contributed by atoms with E-state index in [1.165, 1.54) is 25.2 Å². The van der Waals surface area contributed by atoms with Crippen LogP contribution in [0.3, 0.4) is 0 Å². The summed E-state index contributed by atoms with van der Waals surface area (Å²) in [6.07, 6.45) is -3.94. The fourth-order valence-corrected chi connectivity index (χ4v) is 2.25. The number of hydrogen-bond acceptors (Lipinski definition) is 2. The molecule has 1 amide bonds. The van der Waals surface area contributed by atoms with Gasteiger partial charge in [0.15, 0.2) is 5.69 Å². The molecule has 0 aliphatic carbocycles. The van der Waals surface area contributed by atoms with E-state index in [4.69, 9.17) is 23.2 Å². The highest BCUT2D eigenvalue weighted by atomic mass is 35.5. The molecule has 1 aromatic carbocycles. The number of aromatic nitrogens is 2. The third kappa shape index (κ3) is 2.98. The minimum atomic E-state index is -4.78. The first-order chi connectivity index (χ1) is 9.75. The predicted molar refractivity (Wildman–Crippen MR) is 72.0 cm³/mol. The zero-order valence-corrected chi connectivity index (χ0v) is 12.0. The molecule has 4 nitrogen and oxygen atoms in total. The fraction of sp³-hybridized carbons (Fsp3) is 0.167. The summed E-state index contributed by atoms with van der Waals surface area (Å²) in [6, 6.07) is 3.96. The van der Waals surface area contributed by atoms with E-state index in [-0.39, 0.29) is 15.7 Å². The van der Waals surface area contributed by atoms with E-state index in [2.05, 4.69) is 10.4 Å². The Labute approximate surface area is 127 Å². The van der Waals surface area contributed by atoms with Crippen LogP contribution in [0, 0.1) is 0 Å². The average Bonchev–Trinajstić information content (AvgIpc) is 2.82. The van der Waals surface area contributed by atoms with Gasteiger partial charge in [-0.05, 0) is 18.2 Å². The number of rotatable bonds is 2. The van der Waals surface area contributed by atoms with Gasteiger partial charge in [-0.15, -0.1) is 0 Å². The van der Waals surface area contributed by atoms with Gasteiger partial charge < -0.3 is 5.32 Å². The summed E-state index contributed by atoms with van der Waals surface area (Å²) in [5, 5.41) is 6.02. The van der Waals surface area contributed by atoms with Crippen LogP contribution in [-0.2, 0) is 6.18 Å². The van der Waals surface area contributed by atoms with Crippen molar-refractivity contribution in [1.29, 1.82) is 0 Å². The topological polar surface area (TPSA) is 46.9 Å². The molecule has 0 fully saturated rings. The van der Waals surface area contributed by atoms with Crippen LogP contribution in [0.15, 0.2) is 24.4 Å². The second-order valence-electron chi connectivity index (χ2n) is 3.99. The van der Waals surface area contributed by atoms with Gasteiger partial charge in [-0.2, -0.15) is 18.3 Å². The molecule has 1 heterocycles. The molecule has 1 aromatic heterocycles. The quantitative estimate of drug-likeness (QED) is 0.910. The van der Waals surface area contributed by atoms with Gasteiger partial charge in [0, 0.05) is 12.1 Å². The summed E-state index contributed by atoms with van der Waals surface area (Å²) in [5.74, 6) is -0.890. The fourth-order valence-electron chi connectivity index (χ4n) is 1.76. The standard InChI is InChI=1S/C12H8Cl2F3N3O/c1-18-11(21)7-5-19-20(10(7)12(15,16)17)9-3-2-6(13)4-8(9)14/h2-5H,1H3,(H,18,21). The summed E-state index contributed by atoms with van der Waals surface area (Å²) < 4.78 is 40.2. The van der Waals surface area contributed by atoms with Crippen molar-refractivity contribution in [3.63, 3.8) is 0 Å². The highest BCUT2D eigenvalue weighted by Gasteiger charge is 2.40. The van der Waals surface area contributed by atoms with E-state index in [0.717, 1.165) is 6.20 Å². The van der Waals surface area contributed by atoms with Gasteiger partial charge in [-0.3, -0.25) is 4.79 Å². The third-order valence-corrected chi connectivity index (χ3v) is 3.19. The minimum absolute atomic E-state index is 0.0143. The maximum absolute atomic E-state index is 13.2. The molecule has 1 N–H and O–H groups in total. The Kier molecular flexibility index (Phi) is 4.15. The molecule has 2 aromatic rings. The van der Waals surface area contributed by atoms with Gasteiger partial charge in [0.1, 0.15) is 0 Å². The molecule has 21 heavy (non-hydrogen) atoms. The molecule has 0 spiro atoms. The van der Waals surface area contributed by atoms with Crippen molar-refractivity contribution in [2.45, 2.75) is 6.18 Å². The zero-order chi connectivity index (χ0) is 15.8. The van der Waals surface area contributed by atoms with E-state index >= 15 is 0 Å². The van der Waals surface area contributed by atoms with Crippen molar-refractivity contribution in [3.05, 3.63) is 45.7 Å². The van der Waals surface area contributed by atoms with Gasteiger partial charge >= 0.3 is 6.18 Å². The lowest BCUT2D eigenvalue weighted by Gasteiger charge is -2.13.